The van der Waals surface area contributed by atoms with Gasteiger partial charge >= 0.3 is 0 Å². The molecular formula is C13H25N3O. The number of likely N-dealkylation sites (tertiary alicyclic amines) is 1. The Bertz CT molecular complexity index is 264. The Kier molecular flexibility index (Phi) is 4.05. The number of piperidine rings is 1. The van der Waals surface area contributed by atoms with Crippen LogP contribution in [0, 0.1) is 5.41 Å². The summed E-state index contributed by atoms with van der Waals surface area (Å²) in [5.74, 6) is -0.242. The fraction of sp³-hybridized carbons (Fsp3) is 0.923. The molecule has 4 nitrogen and oxygen atoms in total. The maximum absolute atomic E-state index is 11.2. The van der Waals surface area contributed by atoms with Crippen LogP contribution < -0.4 is 11.1 Å². The van der Waals surface area contributed by atoms with E-state index in [1.807, 2.05) is 0 Å². The van der Waals surface area contributed by atoms with Crippen molar-refractivity contribution in [2.75, 3.05) is 26.7 Å². The number of carbonyl (C=O) groups is 1. The van der Waals surface area contributed by atoms with Gasteiger partial charge in [0.1, 0.15) is 0 Å². The van der Waals surface area contributed by atoms with Crippen molar-refractivity contribution < 1.29 is 4.79 Å². The van der Waals surface area contributed by atoms with E-state index in [1.165, 1.54) is 38.5 Å². The molecule has 1 aliphatic heterocycles. The monoisotopic (exact) mass is 239 g/mol. The summed E-state index contributed by atoms with van der Waals surface area (Å²) in [6.07, 6.45) is 8.30. The standard InChI is InChI=1S/C13H25N3O/c1-15-11(12(14)17)10-16-8-6-13(7-9-16)4-2-3-5-13/h11,15H,2-10H2,1H3,(H2,14,17). The zero-order chi connectivity index (χ0) is 12.3. The molecule has 1 saturated heterocycles. The van der Waals surface area contributed by atoms with Gasteiger partial charge in [-0.1, -0.05) is 12.8 Å². The Labute approximate surface area is 104 Å². The molecule has 1 saturated carbocycles. The van der Waals surface area contributed by atoms with E-state index in [9.17, 15) is 4.79 Å². The quantitative estimate of drug-likeness (QED) is 0.760. The van der Waals surface area contributed by atoms with Crippen LogP contribution in [0.2, 0.25) is 0 Å². The van der Waals surface area contributed by atoms with Crippen LogP contribution in [0.25, 0.3) is 0 Å². The number of primary amides is 1. The van der Waals surface area contributed by atoms with Crippen molar-refractivity contribution in [3.05, 3.63) is 0 Å². The minimum atomic E-state index is -0.242. The van der Waals surface area contributed by atoms with Crippen molar-refractivity contribution >= 4 is 5.91 Å². The minimum Gasteiger partial charge on any atom is -0.368 e. The second-order valence-electron chi connectivity index (χ2n) is 5.75. The molecule has 1 unspecified atom stereocenters. The number of carbonyl (C=O) groups excluding carboxylic acids is 1. The van der Waals surface area contributed by atoms with Crippen molar-refractivity contribution in [3.63, 3.8) is 0 Å². The Balaban J connectivity index is 1.80. The predicted molar refractivity (Wildman–Crippen MR) is 68.6 cm³/mol. The van der Waals surface area contributed by atoms with E-state index < -0.39 is 0 Å². The van der Waals surface area contributed by atoms with Gasteiger partial charge in [0.2, 0.25) is 5.91 Å². The molecule has 17 heavy (non-hydrogen) atoms. The van der Waals surface area contributed by atoms with Gasteiger partial charge in [0.15, 0.2) is 0 Å². The van der Waals surface area contributed by atoms with E-state index in [-0.39, 0.29) is 11.9 Å². The topological polar surface area (TPSA) is 58.4 Å². The number of amides is 1. The second kappa shape index (κ2) is 5.36. The van der Waals surface area contributed by atoms with Crippen molar-refractivity contribution in [1.82, 2.24) is 10.2 Å². The fourth-order valence-electron chi connectivity index (χ4n) is 3.42. The van der Waals surface area contributed by atoms with Gasteiger partial charge in [-0.25, -0.2) is 0 Å². The summed E-state index contributed by atoms with van der Waals surface area (Å²) in [6, 6.07) is -0.201. The van der Waals surface area contributed by atoms with E-state index in [0.29, 0.717) is 5.41 Å². The second-order valence-corrected chi connectivity index (χ2v) is 5.75. The zero-order valence-electron chi connectivity index (χ0n) is 10.9. The highest BCUT2D eigenvalue weighted by molar-refractivity contribution is 5.80. The molecule has 3 N–H and O–H groups in total. The van der Waals surface area contributed by atoms with Crippen LogP contribution in [0.3, 0.4) is 0 Å². The average Bonchev–Trinajstić information content (AvgIpc) is 2.77. The van der Waals surface area contributed by atoms with Gasteiger partial charge in [-0.2, -0.15) is 0 Å². The smallest absolute Gasteiger partial charge is 0.235 e. The number of hydrogen-bond acceptors (Lipinski definition) is 3. The molecule has 2 rings (SSSR count). The van der Waals surface area contributed by atoms with Gasteiger partial charge < -0.3 is 16.0 Å². The highest BCUT2D eigenvalue weighted by Crippen LogP contribution is 2.45. The molecule has 98 valence electrons. The first-order valence-corrected chi connectivity index (χ1v) is 6.84. The first kappa shape index (κ1) is 12.8. The van der Waals surface area contributed by atoms with Crippen LogP contribution in [0.5, 0.6) is 0 Å². The Hall–Kier alpha value is -0.610. The molecular weight excluding hydrogens is 214 g/mol. The first-order chi connectivity index (χ1) is 8.15. The largest absolute Gasteiger partial charge is 0.368 e. The Morgan fingerprint density at radius 2 is 1.88 bits per heavy atom. The highest BCUT2D eigenvalue weighted by Gasteiger charge is 2.37. The molecule has 1 spiro atoms. The predicted octanol–water partition coefficient (Wildman–Crippen LogP) is 0.716. The third kappa shape index (κ3) is 2.99. The van der Waals surface area contributed by atoms with Crippen LogP contribution in [0.15, 0.2) is 0 Å². The lowest BCUT2D eigenvalue weighted by atomic mass is 9.77. The van der Waals surface area contributed by atoms with E-state index >= 15 is 0 Å². The fourth-order valence-corrected chi connectivity index (χ4v) is 3.42. The molecule has 0 radical (unpaired) electrons. The van der Waals surface area contributed by atoms with E-state index in [0.717, 1.165) is 19.6 Å². The van der Waals surface area contributed by atoms with E-state index in [1.54, 1.807) is 7.05 Å². The van der Waals surface area contributed by atoms with Crippen LogP contribution in [0.4, 0.5) is 0 Å². The molecule has 2 aliphatic rings. The van der Waals surface area contributed by atoms with Gasteiger partial charge in [0, 0.05) is 6.54 Å². The maximum atomic E-state index is 11.2. The van der Waals surface area contributed by atoms with Gasteiger partial charge in [-0.05, 0) is 51.2 Å². The molecule has 2 fully saturated rings. The molecule has 1 amide bonds. The summed E-state index contributed by atoms with van der Waals surface area (Å²) in [7, 11) is 1.80. The van der Waals surface area contributed by atoms with E-state index in [2.05, 4.69) is 10.2 Å². The number of nitrogens with two attached hydrogens (primary N) is 1. The molecule has 1 aliphatic carbocycles. The summed E-state index contributed by atoms with van der Waals surface area (Å²) in [4.78, 5) is 13.6. The highest BCUT2D eigenvalue weighted by atomic mass is 16.1. The van der Waals surface area contributed by atoms with Crippen LogP contribution in [-0.2, 0) is 4.79 Å². The Morgan fingerprint density at radius 1 is 1.29 bits per heavy atom. The van der Waals surface area contributed by atoms with Gasteiger partial charge in [0.25, 0.3) is 0 Å². The van der Waals surface area contributed by atoms with Crippen molar-refractivity contribution in [2.24, 2.45) is 11.1 Å². The summed E-state index contributed by atoms with van der Waals surface area (Å²) in [5.41, 5.74) is 6.00. The lowest BCUT2D eigenvalue weighted by molar-refractivity contribution is -0.120. The number of nitrogens with one attached hydrogen (secondary N) is 1. The first-order valence-electron chi connectivity index (χ1n) is 6.84. The molecule has 0 aromatic heterocycles. The third-order valence-corrected chi connectivity index (χ3v) is 4.71. The average molecular weight is 239 g/mol. The summed E-state index contributed by atoms with van der Waals surface area (Å²) >= 11 is 0. The van der Waals surface area contributed by atoms with Crippen molar-refractivity contribution in [3.8, 4) is 0 Å². The maximum Gasteiger partial charge on any atom is 0.235 e. The lowest BCUT2D eigenvalue weighted by Crippen LogP contribution is -2.50. The van der Waals surface area contributed by atoms with E-state index in [4.69, 9.17) is 5.73 Å². The number of rotatable bonds is 4. The molecule has 0 aromatic rings. The van der Waals surface area contributed by atoms with Gasteiger partial charge in [0.05, 0.1) is 6.04 Å². The number of likely N-dealkylation sites (N-methyl/N-ethyl adjacent to an activating group) is 1. The summed E-state index contributed by atoms with van der Waals surface area (Å²) in [5, 5.41) is 2.99. The zero-order valence-corrected chi connectivity index (χ0v) is 10.9. The normalized spacial score (nSPS) is 26.2. The molecule has 4 heteroatoms. The summed E-state index contributed by atoms with van der Waals surface area (Å²) < 4.78 is 0. The van der Waals surface area contributed by atoms with Crippen molar-refractivity contribution in [2.45, 2.75) is 44.6 Å². The molecule has 0 aromatic carbocycles. The lowest BCUT2D eigenvalue weighted by Gasteiger charge is -2.40. The minimum absolute atomic E-state index is 0.201. The van der Waals surface area contributed by atoms with Crippen LogP contribution in [-0.4, -0.2) is 43.5 Å². The number of nitrogens with zero attached hydrogens (tertiary/aromatic N) is 1. The van der Waals surface area contributed by atoms with Gasteiger partial charge in [-0.15, -0.1) is 0 Å². The number of hydrogen-bond donors (Lipinski definition) is 2. The van der Waals surface area contributed by atoms with Crippen LogP contribution >= 0.6 is 0 Å². The van der Waals surface area contributed by atoms with Crippen molar-refractivity contribution in [1.29, 1.82) is 0 Å². The van der Waals surface area contributed by atoms with Gasteiger partial charge in [-0.3, -0.25) is 4.79 Å². The summed E-state index contributed by atoms with van der Waals surface area (Å²) in [6.45, 7) is 3.03. The SMILES string of the molecule is CNC(CN1CCC2(CCCC2)CC1)C(N)=O. The molecule has 0 bridgehead atoms. The molecule has 1 heterocycles. The third-order valence-electron chi connectivity index (χ3n) is 4.71. The van der Waals surface area contributed by atoms with Crippen LogP contribution in [0.1, 0.15) is 38.5 Å². The Morgan fingerprint density at radius 3 is 2.35 bits per heavy atom. The molecule has 1 atom stereocenters.